The molecule has 0 heterocycles. The summed E-state index contributed by atoms with van der Waals surface area (Å²) >= 11 is 0. The first-order valence-electron chi connectivity index (χ1n) is 15.2. The van der Waals surface area contributed by atoms with Crippen LogP contribution in [0.1, 0.15) is 107 Å². The molecule has 7 atom stereocenters. The molecule has 0 aliphatic heterocycles. The van der Waals surface area contributed by atoms with Crippen molar-refractivity contribution in [3.63, 3.8) is 0 Å². The Morgan fingerprint density at radius 1 is 1.00 bits per heavy atom. The van der Waals surface area contributed by atoms with Crippen molar-refractivity contribution < 1.29 is 19.5 Å². The molecule has 2 N–H and O–H groups in total. The third-order valence-electron chi connectivity index (χ3n) is 12.8. The number of carbonyl (C=O) groups excluding carboxylic acids is 3. The lowest BCUT2D eigenvalue weighted by atomic mass is 9.34. The lowest BCUT2D eigenvalue weighted by Crippen LogP contribution is -2.66. The molecule has 3 unspecified atom stereocenters. The molecule has 0 bridgehead atoms. The Bertz CT molecular complexity index is 1170. The molecule has 0 saturated heterocycles. The van der Waals surface area contributed by atoms with E-state index in [-0.39, 0.29) is 63.4 Å². The zero-order valence-corrected chi connectivity index (χ0v) is 25.8. The molecule has 216 valence electrons. The first-order chi connectivity index (χ1) is 17.7. The van der Waals surface area contributed by atoms with Gasteiger partial charge in [0.05, 0.1) is 11.0 Å². The number of nitrogens with one attached hydrogen (secondary N) is 1. The van der Waals surface area contributed by atoms with Gasteiger partial charge in [0.2, 0.25) is 5.91 Å². The van der Waals surface area contributed by atoms with Crippen LogP contribution in [0.15, 0.2) is 23.8 Å². The Morgan fingerprint density at radius 2 is 1.64 bits per heavy atom. The van der Waals surface area contributed by atoms with E-state index < -0.39 is 16.4 Å². The van der Waals surface area contributed by atoms with E-state index in [1.165, 1.54) is 5.57 Å². The highest BCUT2D eigenvalue weighted by Crippen LogP contribution is 2.74. The molecule has 5 rings (SSSR count). The molecule has 0 aromatic carbocycles. The summed E-state index contributed by atoms with van der Waals surface area (Å²) in [5.41, 5.74) is -1.54. The lowest BCUT2D eigenvalue weighted by Gasteiger charge is -2.69. The Hall–Kier alpha value is -1.75. The van der Waals surface area contributed by atoms with Gasteiger partial charge in [0, 0.05) is 23.3 Å². The summed E-state index contributed by atoms with van der Waals surface area (Å²) in [5.74, 6) is 0.301. The van der Waals surface area contributed by atoms with Gasteiger partial charge >= 0.3 is 0 Å². The van der Waals surface area contributed by atoms with Gasteiger partial charge in [0.1, 0.15) is 0 Å². The third-order valence-corrected chi connectivity index (χ3v) is 12.8. The molecule has 0 aromatic rings. The minimum absolute atomic E-state index is 0.0195. The number of carbonyl (C=O) groups is 3. The maximum Gasteiger partial charge on any atom is 0.226 e. The zero-order valence-electron chi connectivity index (χ0n) is 25.8. The van der Waals surface area contributed by atoms with Gasteiger partial charge in [-0.3, -0.25) is 14.4 Å². The largest absolute Gasteiger partial charge is 0.389 e. The van der Waals surface area contributed by atoms with E-state index in [1.54, 1.807) is 19.9 Å². The van der Waals surface area contributed by atoms with Crippen molar-refractivity contribution in [3.05, 3.63) is 23.8 Å². The number of rotatable bonds is 3. The van der Waals surface area contributed by atoms with E-state index in [1.807, 2.05) is 6.08 Å². The van der Waals surface area contributed by atoms with E-state index in [9.17, 15) is 19.5 Å². The number of ketones is 2. The van der Waals surface area contributed by atoms with Crippen LogP contribution in [0.4, 0.5) is 0 Å². The fourth-order valence-corrected chi connectivity index (χ4v) is 10.2. The van der Waals surface area contributed by atoms with Crippen molar-refractivity contribution in [1.82, 2.24) is 5.32 Å². The highest BCUT2D eigenvalue weighted by atomic mass is 16.3. The molecule has 0 spiro atoms. The highest BCUT2D eigenvalue weighted by Gasteiger charge is 2.70. The van der Waals surface area contributed by atoms with Crippen molar-refractivity contribution in [3.8, 4) is 0 Å². The Kier molecular flexibility index (Phi) is 6.19. The van der Waals surface area contributed by atoms with Crippen LogP contribution in [0.3, 0.4) is 0 Å². The maximum atomic E-state index is 14.5. The van der Waals surface area contributed by atoms with Gasteiger partial charge in [-0.05, 0) is 99.0 Å². The number of amides is 1. The number of allylic oxidation sites excluding steroid dienone is 4. The fourth-order valence-electron chi connectivity index (χ4n) is 10.2. The van der Waals surface area contributed by atoms with E-state index in [2.05, 4.69) is 59.9 Å². The van der Waals surface area contributed by atoms with Crippen LogP contribution in [0.2, 0.25) is 0 Å². The summed E-state index contributed by atoms with van der Waals surface area (Å²) in [4.78, 5) is 41.4. The van der Waals surface area contributed by atoms with Crippen molar-refractivity contribution in [2.45, 2.75) is 113 Å². The molecule has 5 aliphatic carbocycles. The van der Waals surface area contributed by atoms with E-state index in [0.717, 1.165) is 44.9 Å². The molecule has 5 aliphatic rings. The predicted molar refractivity (Wildman–Crippen MR) is 154 cm³/mol. The molecule has 39 heavy (non-hydrogen) atoms. The number of aliphatic hydroxyl groups is 1. The number of hydrogen-bond acceptors (Lipinski definition) is 4. The first-order valence-corrected chi connectivity index (χ1v) is 15.2. The monoisotopic (exact) mass is 537 g/mol. The van der Waals surface area contributed by atoms with Gasteiger partial charge in [0.15, 0.2) is 11.6 Å². The van der Waals surface area contributed by atoms with E-state index >= 15 is 0 Å². The maximum absolute atomic E-state index is 14.5. The minimum atomic E-state index is -0.985. The molecular weight excluding hydrogens is 486 g/mol. The third kappa shape index (κ3) is 3.91. The van der Waals surface area contributed by atoms with Crippen LogP contribution in [-0.4, -0.2) is 34.7 Å². The van der Waals surface area contributed by atoms with Crippen LogP contribution in [0, 0.1) is 50.2 Å². The van der Waals surface area contributed by atoms with Gasteiger partial charge in [-0.1, -0.05) is 60.1 Å². The van der Waals surface area contributed by atoms with Gasteiger partial charge in [0.25, 0.3) is 0 Å². The molecule has 1 amide bonds. The smallest absolute Gasteiger partial charge is 0.226 e. The summed E-state index contributed by atoms with van der Waals surface area (Å²) in [6.45, 7) is 19.3. The summed E-state index contributed by atoms with van der Waals surface area (Å²) in [6, 6.07) is 0. The van der Waals surface area contributed by atoms with Gasteiger partial charge < -0.3 is 10.4 Å². The summed E-state index contributed by atoms with van der Waals surface area (Å²) < 4.78 is 0. The number of fused-ring (bicyclic) bond motifs is 7. The number of hydrogen-bond donors (Lipinski definition) is 2. The van der Waals surface area contributed by atoms with Crippen molar-refractivity contribution >= 4 is 17.5 Å². The molecule has 5 heteroatoms. The van der Waals surface area contributed by atoms with Crippen LogP contribution >= 0.6 is 0 Å². The van der Waals surface area contributed by atoms with Crippen LogP contribution < -0.4 is 5.32 Å². The van der Waals surface area contributed by atoms with Crippen molar-refractivity contribution in [1.29, 1.82) is 0 Å². The van der Waals surface area contributed by atoms with E-state index in [4.69, 9.17) is 0 Å². The minimum Gasteiger partial charge on any atom is -0.389 e. The highest BCUT2D eigenvalue weighted by molar-refractivity contribution is 5.98. The second kappa shape index (κ2) is 8.39. The first kappa shape index (κ1) is 28.8. The second-order valence-electron chi connectivity index (χ2n) is 16.6. The van der Waals surface area contributed by atoms with Crippen molar-refractivity contribution in [2.24, 2.45) is 50.2 Å². The predicted octanol–water partition coefficient (Wildman–Crippen LogP) is 6.20. The summed E-state index contributed by atoms with van der Waals surface area (Å²) in [6.07, 6.45) is 12.0. The second-order valence-corrected chi connectivity index (χ2v) is 16.6. The fraction of sp³-hybridized carbons (Fsp3) is 0.794. The average Bonchev–Trinajstić information content (AvgIpc) is 2.81. The molecular formula is C34H51NO4. The molecule has 0 aromatic heterocycles. The Labute approximate surface area is 235 Å². The molecule has 0 radical (unpaired) electrons. The SMILES string of the molecule is CC(C)(O)CNC(=O)[C@]12CCC(C)(C)CC1C1C(=O)C=C3[C@@]4(C)C=CC(=O)C(C)(C)C4CC[C@@]3(C)[C@]1(C)CC2. The van der Waals surface area contributed by atoms with Gasteiger partial charge in [-0.15, -0.1) is 0 Å². The molecule has 3 fully saturated rings. The topological polar surface area (TPSA) is 83.5 Å². The van der Waals surface area contributed by atoms with Crippen LogP contribution in [0.5, 0.6) is 0 Å². The van der Waals surface area contributed by atoms with E-state index in [0.29, 0.717) is 0 Å². The van der Waals surface area contributed by atoms with Crippen LogP contribution in [-0.2, 0) is 14.4 Å². The molecule has 5 nitrogen and oxygen atoms in total. The standard InChI is InChI=1S/C34H51NO4/c1-28(2)14-16-34(27(38)35-20-29(3,4)39)17-15-33(9)26(21(34)19-28)22(36)18-24-31(7)12-11-25(37)30(5,6)23(31)10-13-32(24,33)8/h11-12,18,21,23,26,39H,10,13-17,19-20H2,1-9H3,(H,35,38)/t21?,23?,26?,31-,32+,33+,34-/m0/s1. The van der Waals surface area contributed by atoms with Gasteiger partial charge in [-0.2, -0.15) is 0 Å². The lowest BCUT2D eigenvalue weighted by molar-refractivity contribution is -0.178. The Morgan fingerprint density at radius 3 is 2.28 bits per heavy atom. The summed E-state index contributed by atoms with van der Waals surface area (Å²) in [5, 5.41) is 13.4. The molecule has 3 saturated carbocycles. The van der Waals surface area contributed by atoms with Gasteiger partial charge in [-0.25, -0.2) is 0 Å². The quantitative estimate of drug-likeness (QED) is 0.449. The van der Waals surface area contributed by atoms with Crippen molar-refractivity contribution in [2.75, 3.05) is 6.54 Å². The normalized spacial score (nSPS) is 44.4. The van der Waals surface area contributed by atoms with Crippen LogP contribution in [0.25, 0.3) is 0 Å². The summed E-state index contributed by atoms with van der Waals surface area (Å²) in [7, 11) is 0. The average molecular weight is 538 g/mol. The Balaban J connectivity index is 1.62. The zero-order chi connectivity index (χ0) is 29.0.